The van der Waals surface area contributed by atoms with Crippen LogP contribution in [0.1, 0.15) is 24.3 Å². The van der Waals surface area contributed by atoms with E-state index >= 15 is 0 Å². The number of rotatable bonds is 2. The average molecular weight is 263 g/mol. The topological polar surface area (TPSA) is 24.1 Å². The molecule has 1 aromatic rings. The Labute approximate surface area is 110 Å². The highest BCUT2D eigenvalue weighted by molar-refractivity contribution is 5.85. The molecule has 0 atom stereocenters. The predicted octanol–water partition coefficient (Wildman–Crippen LogP) is 3.04. The second-order valence-corrected chi connectivity index (χ2v) is 3.90. The van der Waals surface area contributed by atoms with Gasteiger partial charge in [-0.2, -0.15) is 0 Å². The maximum Gasteiger partial charge on any atom is 0.0337 e. The molecule has 0 bridgehead atoms. The Kier molecular flexibility index (Phi) is 7.56. The molecular formula is C12H20Cl2N2. The first kappa shape index (κ1) is 15.6. The predicted molar refractivity (Wildman–Crippen MR) is 75.3 cm³/mol. The van der Waals surface area contributed by atoms with Gasteiger partial charge in [0.15, 0.2) is 0 Å². The van der Waals surface area contributed by atoms with E-state index in [-0.39, 0.29) is 24.8 Å². The first-order valence-electron chi connectivity index (χ1n) is 5.38. The van der Waals surface area contributed by atoms with Crippen molar-refractivity contribution in [1.82, 2.24) is 5.32 Å². The van der Waals surface area contributed by atoms with Crippen LogP contribution in [0.15, 0.2) is 24.3 Å². The number of piperidine rings is 1. The van der Waals surface area contributed by atoms with Gasteiger partial charge in [0.25, 0.3) is 0 Å². The fourth-order valence-electron chi connectivity index (χ4n) is 2.08. The number of benzene rings is 1. The molecule has 1 fully saturated rings. The quantitative estimate of drug-likeness (QED) is 0.857. The smallest absolute Gasteiger partial charge is 0.0337 e. The zero-order valence-electron chi connectivity index (χ0n) is 9.53. The van der Waals surface area contributed by atoms with Crippen LogP contribution < -0.4 is 10.6 Å². The minimum absolute atomic E-state index is 0. The fourth-order valence-corrected chi connectivity index (χ4v) is 2.08. The van der Waals surface area contributed by atoms with Crippen LogP contribution >= 0.6 is 24.8 Å². The molecule has 1 heterocycles. The van der Waals surface area contributed by atoms with E-state index < -0.39 is 0 Å². The van der Waals surface area contributed by atoms with Crippen molar-refractivity contribution < 1.29 is 0 Å². The van der Waals surface area contributed by atoms with Crippen molar-refractivity contribution in [1.29, 1.82) is 0 Å². The molecule has 0 radical (unpaired) electrons. The van der Waals surface area contributed by atoms with Gasteiger partial charge in [-0.1, -0.05) is 12.1 Å². The van der Waals surface area contributed by atoms with E-state index in [1.54, 1.807) is 0 Å². The number of hydrogen-bond donors (Lipinski definition) is 2. The minimum atomic E-state index is 0. The van der Waals surface area contributed by atoms with Crippen LogP contribution in [-0.2, 0) is 0 Å². The largest absolute Gasteiger partial charge is 0.388 e. The van der Waals surface area contributed by atoms with E-state index in [1.165, 1.54) is 37.2 Å². The second kappa shape index (κ2) is 7.77. The van der Waals surface area contributed by atoms with E-state index in [4.69, 9.17) is 0 Å². The van der Waals surface area contributed by atoms with Gasteiger partial charge in [0, 0.05) is 12.7 Å². The summed E-state index contributed by atoms with van der Waals surface area (Å²) in [4.78, 5) is 0. The monoisotopic (exact) mass is 262 g/mol. The third-order valence-electron chi connectivity index (χ3n) is 3.01. The van der Waals surface area contributed by atoms with Gasteiger partial charge in [0.1, 0.15) is 0 Å². The molecule has 16 heavy (non-hydrogen) atoms. The van der Waals surface area contributed by atoms with Gasteiger partial charge in [0.2, 0.25) is 0 Å². The number of halogens is 2. The fraction of sp³-hybridized carbons (Fsp3) is 0.500. The van der Waals surface area contributed by atoms with Crippen LogP contribution in [0, 0.1) is 0 Å². The Hall–Kier alpha value is -0.440. The Bertz CT molecular complexity index is 282. The van der Waals surface area contributed by atoms with Crippen LogP contribution in [0.25, 0.3) is 0 Å². The van der Waals surface area contributed by atoms with Crippen molar-refractivity contribution >= 4 is 30.5 Å². The Morgan fingerprint density at radius 1 is 1.06 bits per heavy atom. The summed E-state index contributed by atoms with van der Waals surface area (Å²) in [6.07, 6.45) is 2.55. The lowest BCUT2D eigenvalue weighted by atomic mass is 9.90. The molecule has 2 N–H and O–H groups in total. The third-order valence-corrected chi connectivity index (χ3v) is 3.01. The van der Waals surface area contributed by atoms with E-state index in [0.717, 1.165) is 5.92 Å². The van der Waals surface area contributed by atoms with Gasteiger partial charge in [-0.15, -0.1) is 24.8 Å². The van der Waals surface area contributed by atoms with Crippen molar-refractivity contribution in [3.05, 3.63) is 29.8 Å². The Balaban J connectivity index is 0.00000112. The van der Waals surface area contributed by atoms with E-state index in [1.807, 2.05) is 7.05 Å². The van der Waals surface area contributed by atoms with Gasteiger partial charge in [-0.3, -0.25) is 0 Å². The van der Waals surface area contributed by atoms with Gasteiger partial charge in [-0.25, -0.2) is 0 Å². The highest BCUT2D eigenvalue weighted by Crippen LogP contribution is 2.25. The van der Waals surface area contributed by atoms with Crippen molar-refractivity contribution in [2.45, 2.75) is 18.8 Å². The molecule has 0 spiro atoms. The molecule has 2 rings (SSSR count). The zero-order chi connectivity index (χ0) is 9.80. The average Bonchev–Trinajstić information content (AvgIpc) is 2.30. The van der Waals surface area contributed by atoms with Crippen molar-refractivity contribution in [2.75, 3.05) is 25.5 Å². The maximum absolute atomic E-state index is 3.39. The molecule has 92 valence electrons. The molecular weight excluding hydrogens is 243 g/mol. The standard InChI is InChI=1S/C12H18N2.2ClH/c1-13-12-4-2-10(3-5-12)11-6-8-14-9-7-11;;/h2-5,11,13-14H,6-9H2,1H3;2*1H. The molecule has 2 nitrogen and oxygen atoms in total. The summed E-state index contributed by atoms with van der Waals surface area (Å²) in [5.41, 5.74) is 2.69. The van der Waals surface area contributed by atoms with E-state index in [2.05, 4.69) is 34.9 Å². The lowest BCUT2D eigenvalue weighted by molar-refractivity contribution is 0.460. The molecule has 1 aliphatic rings. The van der Waals surface area contributed by atoms with Crippen LogP contribution in [0.2, 0.25) is 0 Å². The molecule has 0 aliphatic carbocycles. The van der Waals surface area contributed by atoms with Gasteiger partial charge in [-0.05, 0) is 49.5 Å². The highest BCUT2D eigenvalue weighted by atomic mass is 35.5. The van der Waals surface area contributed by atoms with Crippen molar-refractivity contribution in [3.63, 3.8) is 0 Å². The van der Waals surface area contributed by atoms with Crippen LogP contribution in [0.4, 0.5) is 5.69 Å². The number of hydrogen-bond acceptors (Lipinski definition) is 2. The summed E-state index contributed by atoms with van der Waals surface area (Å²) in [6.45, 7) is 2.33. The summed E-state index contributed by atoms with van der Waals surface area (Å²) < 4.78 is 0. The zero-order valence-corrected chi connectivity index (χ0v) is 11.2. The van der Waals surface area contributed by atoms with Crippen molar-refractivity contribution in [2.24, 2.45) is 0 Å². The summed E-state index contributed by atoms with van der Waals surface area (Å²) in [7, 11) is 1.96. The van der Waals surface area contributed by atoms with Crippen LogP contribution in [-0.4, -0.2) is 20.1 Å². The molecule has 0 aromatic heterocycles. The third kappa shape index (κ3) is 3.85. The van der Waals surface area contributed by atoms with E-state index in [0.29, 0.717) is 0 Å². The second-order valence-electron chi connectivity index (χ2n) is 3.90. The highest BCUT2D eigenvalue weighted by Gasteiger charge is 2.14. The molecule has 0 saturated carbocycles. The molecule has 1 aromatic carbocycles. The summed E-state index contributed by atoms with van der Waals surface area (Å²) in [6, 6.07) is 8.83. The first-order chi connectivity index (χ1) is 6.90. The van der Waals surface area contributed by atoms with E-state index in [9.17, 15) is 0 Å². The van der Waals surface area contributed by atoms with Crippen molar-refractivity contribution in [3.8, 4) is 0 Å². The minimum Gasteiger partial charge on any atom is -0.388 e. The molecule has 0 amide bonds. The Morgan fingerprint density at radius 3 is 2.12 bits per heavy atom. The van der Waals surface area contributed by atoms with Crippen LogP contribution in [0.5, 0.6) is 0 Å². The molecule has 1 aliphatic heterocycles. The number of nitrogens with one attached hydrogen (secondary N) is 2. The SMILES string of the molecule is CNc1ccc(C2CCNCC2)cc1.Cl.Cl. The Morgan fingerprint density at radius 2 is 1.62 bits per heavy atom. The lowest BCUT2D eigenvalue weighted by Crippen LogP contribution is -2.26. The van der Waals surface area contributed by atoms with Gasteiger partial charge >= 0.3 is 0 Å². The lowest BCUT2D eigenvalue weighted by Gasteiger charge is -2.23. The molecule has 0 unspecified atom stereocenters. The summed E-state index contributed by atoms with van der Waals surface area (Å²) in [5.74, 6) is 0.766. The summed E-state index contributed by atoms with van der Waals surface area (Å²) in [5, 5.41) is 6.54. The summed E-state index contributed by atoms with van der Waals surface area (Å²) >= 11 is 0. The molecule has 4 heteroatoms. The molecule has 1 saturated heterocycles. The van der Waals surface area contributed by atoms with Crippen LogP contribution in [0.3, 0.4) is 0 Å². The van der Waals surface area contributed by atoms with Gasteiger partial charge < -0.3 is 10.6 Å². The van der Waals surface area contributed by atoms with Gasteiger partial charge in [0.05, 0.1) is 0 Å². The number of anilines is 1. The normalized spacial score (nSPS) is 15.8. The maximum atomic E-state index is 3.39. The first-order valence-corrected chi connectivity index (χ1v) is 5.38.